The molecule has 0 saturated heterocycles. The Bertz CT molecular complexity index is 447. The average molecular weight is 276 g/mol. The Kier molecular flexibility index (Phi) is 6.77. The van der Waals surface area contributed by atoms with Gasteiger partial charge in [0.25, 0.3) is 0 Å². The Morgan fingerprint density at radius 3 is 2.50 bits per heavy atom. The van der Waals surface area contributed by atoms with Crippen molar-refractivity contribution in [1.29, 1.82) is 0 Å². The molecule has 0 spiro atoms. The summed E-state index contributed by atoms with van der Waals surface area (Å²) in [4.78, 5) is 11.8. The predicted octanol–water partition coefficient (Wildman–Crippen LogP) is 4.91. The summed E-state index contributed by atoms with van der Waals surface area (Å²) >= 11 is 0. The number of phenolic OH excluding ortho intramolecular Hbond substituents is 1. The van der Waals surface area contributed by atoms with E-state index in [-0.39, 0.29) is 0 Å². The summed E-state index contributed by atoms with van der Waals surface area (Å²) < 4.78 is 0. The second kappa shape index (κ2) is 8.08. The molecular formula is C18H28O2. The monoisotopic (exact) mass is 276 g/mol. The lowest BCUT2D eigenvalue weighted by Crippen LogP contribution is -2.02. The first-order valence-corrected chi connectivity index (χ1v) is 7.79. The van der Waals surface area contributed by atoms with Crippen molar-refractivity contribution < 1.29 is 9.90 Å². The van der Waals surface area contributed by atoms with Crippen LogP contribution in [0.25, 0.3) is 0 Å². The van der Waals surface area contributed by atoms with E-state index in [1.54, 1.807) is 0 Å². The molecule has 0 aliphatic carbocycles. The molecule has 0 aliphatic rings. The van der Waals surface area contributed by atoms with Gasteiger partial charge in [-0.15, -0.1) is 0 Å². The number of hydrogen-bond acceptors (Lipinski definition) is 2. The van der Waals surface area contributed by atoms with Crippen LogP contribution in [0, 0.1) is 6.92 Å². The van der Waals surface area contributed by atoms with E-state index >= 15 is 0 Å². The molecule has 0 radical (unpaired) electrons. The van der Waals surface area contributed by atoms with Gasteiger partial charge in [0.1, 0.15) is 11.5 Å². The fourth-order valence-corrected chi connectivity index (χ4v) is 2.46. The molecule has 0 saturated carbocycles. The number of rotatable bonds is 8. The molecule has 1 rings (SSSR count). The van der Waals surface area contributed by atoms with Gasteiger partial charge in [-0.2, -0.15) is 0 Å². The van der Waals surface area contributed by atoms with E-state index < -0.39 is 0 Å². The summed E-state index contributed by atoms with van der Waals surface area (Å²) in [6.45, 7) is 8.30. The second-order valence-electron chi connectivity index (χ2n) is 5.99. The van der Waals surface area contributed by atoms with Crippen LogP contribution in [0.5, 0.6) is 5.75 Å². The molecule has 1 aromatic carbocycles. The van der Waals surface area contributed by atoms with Crippen molar-refractivity contribution in [2.45, 2.75) is 72.1 Å². The SMILES string of the molecule is CCCCCC(=O)CCc1cc(C(C)C)c(O)cc1C. The molecule has 0 unspecified atom stereocenters. The molecule has 20 heavy (non-hydrogen) atoms. The zero-order valence-electron chi connectivity index (χ0n) is 13.3. The first kappa shape index (κ1) is 16.7. The molecule has 0 heterocycles. The number of aryl methyl sites for hydroxylation is 2. The van der Waals surface area contributed by atoms with Gasteiger partial charge in [-0.05, 0) is 48.4 Å². The van der Waals surface area contributed by atoms with Crippen LogP contribution >= 0.6 is 0 Å². The van der Waals surface area contributed by atoms with Crippen LogP contribution in [0.4, 0.5) is 0 Å². The normalized spacial score (nSPS) is 11.1. The summed E-state index contributed by atoms with van der Waals surface area (Å²) in [5.74, 6) is 1.03. The molecule has 112 valence electrons. The van der Waals surface area contributed by atoms with Crippen LogP contribution in [0.2, 0.25) is 0 Å². The highest BCUT2D eigenvalue weighted by Crippen LogP contribution is 2.29. The van der Waals surface area contributed by atoms with Crippen molar-refractivity contribution in [3.63, 3.8) is 0 Å². The lowest BCUT2D eigenvalue weighted by Gasteiger charge is -2.13. The van der Waals surface area contributed by atoms with Crippen LogP contribution in [0.3, 0.4) is 0 Å². The van der Waals surface area contributed by atoms with E-state index in [1.807, 2.05) is 13.0 Å². The molecule has 1 N–H and O–H groups in total. The minimum absolute atomic E-state index is 0.301. The van der Waals surface area contributed by atoms with Crippen LogP contribution in [0.1, 0.15) is 75.5 Å². The third-order valence-electron chi connectivity index (χ3n) is 3.84. The largest absolute Gasteiger partial charge is 0.508 e. The predicted molar refractivity (Wildman–Crippen MR) is 84.4 cm³/mol. The minimum atomic E-state index is 0.301. The Balaban J connectivity index is 2.63. The van der Waals surface area contributed by atoms with Crippen LogP contribution in [0.15, 0.2) is 12.1 Å². The van der Waals surface area contributed by atoms with Gasteiger partial charge in [0.15, 0.2) is 0 Å². The highest BCUT2D eigenvalue weighted by atomic mass is 16.3. The number of unbranched alkanes of at least 4 members (excludes halogenated alkanes) is 2. The van der Waals surface area contributed by atoms with E-state index in [0.717, 1.165) is 36.8 Å². The number of carbonyl (C=O) groups excluding carboxylic acids is 1. The third-order valence-corrected chi connectivity index (χ3v) is 3.84. The van der Waals surface area contributed by atoms with Crippen molar-refractivity contribution in [3.05, 3.63) is 28.8 Å². The molecule has 1 aromatic rings. The van der Waals surface area contributed by atoms with Gasteiger partial charge in [0, 0.05) is 12.8 Å². The van der Waals surface area contributed by atoms with E-state index in [2.05, 4.69) is 26.8 Å². The van der Waals surface area contributed by atoms with Crippen LogP contribution < -0.4 is 0 Å². The number of benzene rings is 1. The Hall–Kier alpha value is -1.31. The van der Waals surface area contributed by atoms with Crippen LogP contribution in [-0.4, -0.2) is 10.9 Å². The Morgan fingerprint density at radius 1 is 1.20 bits per heavy atom. The molecule has 2 nitrogen and oxygen atoms in total. The van der Waals surface area contributed by atoms with Crippen molar-refractivity contribution in [3.8, 4) is 5.75 Å². The highest BCUT2D eigenvalue weighted by molar-refractivity contribution is 5.78. The van der Waals surface area contributed by atoms with Crippen LogP contribution in [-0.2, 0) is 11.2 Å². The number of Topliss-reactive ketones (excluding diaryl/α,β-unsaturated/α-hetero) is 1. The quantitative estimate of drug-likeness (QED) is 0.685. The molecular weight excluding hydrogens is 248 g/mol. The number of ketones is 1. The maximum atomic E-state index is 11.8. The highest BCUT2D eigenvalue weighted by Gasteiger charge is 2.11. The first-order chi connectivity index (χ1) is 9.45. The Morgan fingerprint density at radius 2 is 1.90 bits per heavy atom. The first-order valence-electron chi connectivity index (χ1n) is 7.79. The van der Waals surface area contributed by atoms with Gasteiger partial charge in [-0.3, -0.25) is 4.79 Å². The molecule has 2 heteroatoms. The minimum Gasteiger partial charge on any atom is -0.508 e. The summed E-state index contributed by atoms with van der Waals surface area (Å²) in [5, 5.41) is 9.94. The van der Waals surface area contributed by atoms with E-state index in [0.29, 0.717) is 30.3 Å². The number of aromatic hydroxyl groups is 1. The van der Waals surface area contributed by atoms with Crippen molar-refractivity contribution in [2.24, 2.45) is 0 Å². The standard InChI is InChI=1S/C18H28O2/c1-5-6-7-8-16(19)10-9-15-12-17(13(2)3)18(20)11-14(15)4/h11-13,20H,5-10H2,1-4H3. The third kappa shape index (κ3) is 4.99. The van der Waals surface area contributed by atoms with Gasteiger partial charge in [-0.1, -0.05) is 39.7 Å². The van der Waals surface area contributed by atoms with E-state index in [4.69, 9.17) is 0 Å². The van der Waals surface area contributed by atoms with Crippen molar-refractivity contribution in [2.75, 3.05) is 0 Å². The zero-order valence-corrected chi connectivity index (χ0v) is 13.3. The maximum absolute atomic E-state index is 11.8. The molecule has 0 fully saturated rings. The molecule has 0 aromatic heterocycles. The van der Waals surface area contributed by atoms with Gasteiger partial charge < -0.3 is 5.11 Å². The van der Waals surface area contributed by atoms with Gasteiger partial charge in [-0.25, -0.2) is 0 Å². The van der Waals surface area contributed by atoms with E-state index in [9.17, 15) is 9.90 Å². The average Bonchev–Trinajstić information content (AvgIpc) is 2.37. The number of hydrogen-bond donors (Lipinski definition) is 1. The fraction of sp³-hybridized carbons (Fsp3) is 0.611. The maximum Gasteiger partial charge on any atom is 0.133 e. The van der Waals surface area contributed by atoms with Gasteiger partial charge in [0.2, 0.25) is 0 Å². The van der Waals surface area contributed by atoms with Gasteiger partial charge >= 0.3 is 0 Å². The molecule has 0 bridgehead atoms. The topological polar surface area (TPSA) is 37.3 Å². The lowest BCUT2D eigenvalue weighted by atomic mass is 9.93. The van der Waals surface area contributed by atoms with Gasteiger partial charge in [0.05, 0.1) is 0 Å². The zero-order chi connectivity index (χ0) is 15.1. The van der Waals surface area contributed by atoms with Crippen molar-refractivity contribution in [1.82, 2.24) is 0 Å². The molecule has 0 aliphatic heterocycles. The number of phenols is 1. The second-order valence-corrected chi connectivity index (χ2v) is 5.99. The molecule has 0 amide bonds. The summed E-state index contributed by atoms with van der Waals surface area (Å²) in [6.07, 6.45) is 5.43. The fourth-order valence-electron chi connectivity index (χ4n) is 2.46. The summed E-state index contributed by atoms with van der Waals surface area (Å²) in [5.41, 5.74) is 3.24. The van der Waals surface area contributed by atoms with Crippen molar-refractivity contribution >= 4 is 5.78 Å². The number of carbonyl (C=O) groups is 1. The Labute approximate surface area is 123 Å². The van der Waals surface area contributed by atoms with E-state index in [1.165, 1.54) is 5.56 Å². The summed E-state index contributed by atoms with van der Waals surface area (Å²) in [7, 11) is 0. The summed E-state index contributed by atoms with van der Waals surface area (Å²) in [6, 6.07) is 3.89. The molecule has 0 atom stereocenters. The smallest absolute Gasteiger partial charge is 0.133 e. The lowest BCUT2D eigenvalue weighted by molar-refractivity contribution is -0.119.